The Morgan fingerprint density at radius 1 is 0.500 bits per heavy atom. The Bertz CT molecular complexity index is 29.2. The average Bonchev–Trinajstić information content (AvgIpc) is 1.25. The van der Waals surface area contributed by atoms with Crippen LogP contribution in [0.3, 0.4) is 0 Å². The molecular formula is H12As2O6P2. The third kappa shape index (κ3) is 246. The van der Waals surface area contributed by atoms with Crippen LogP contribution >= 0.6 is 17.2 Å². The van der Waals surface area contributed by atoms with Gasteiger partial charge in [0, 0.05) is 0 Å². The zero-order valence-electron chi connectivity index (χ0n) is 4.99. The number of rotatable bonds is 0. The Kier molecular flexibility index (Phi) is 38.4. The molecule has 0 aliphatic rings. The summed E-state index contributed by atoms with van der Waals surface area (Å²) in [6.45, 7) is 0. The summed E-state index contributed by atoms with van der Waals surface area (Å²) in [5.41, 5.74) is 0. The van der Waals surface area contributed by atoms with E-state index < -0.39 is 17.2 Å². The summed E-state index contributed by atoms with van der Waals surface area (Å²) in [4.78, 5) is 43.4. The second-order valence-electron chi connectivity index (χ2n) is 0.537. The normalized spacial score (nSPS) is 7.20. The van der Waals surface area contributed by atoms with Crippen molar-refractivity contribution in [1.82, 2.24) is 0 Å². The quantitative estimate of drug-likeness (QED) is 0.200. The van der Waals surface area contributed by atoms with E-state index in [1.807, 2.05) is 0 Å². The van der Waals surface area contributed by atoms with Crippen molar-refractivity contribution in [2.24, 2.45) is 0 Å². The van der Waals surface area contributed by atoms with Gasteiger partial charge in [-0.05, 0) is 0 Å². The van der Waals surface area contributed by atoms with Gasteiger partial charge in [0.15, 0.2) is 0 Å². The van der Waals surface area contributed by atoms with Crippen LogP contribution in [-0.4, -0.2) is 65.3 Å². The molecule has 0 amide bonds. The van der Waals surface area contributed by atoms with Crippen molar-refractivity contribution in [3.63, 3.8) is 0 Å². The zero-order chi connectivity index (χ0) is 7.15. The molecule has 0 radical (unpaired) electrons. The van der Waals surface area contributed by atoms with Gasteiger partial charge in [0.1, 0.15) is 0 Å². The predicted molar refractivity (Wildman–Crippen MR) is 47.0 cm³/mol. The van der Waals surface area contributed by atoms with Crippen molar-refractivity contribution in [2.75, 3.05) is 0 Å². The van der Waals surface area contributed by atoms with Gasteiger partial charge < -0.3 is 29.4 Å². The molecule has 0 saturated heterocycles. The van der Waals surface area contributed by atoms with Gasteiger partial charge in [0.2, 0.25) is 0 Å². The topological polar surface area (TPSA) is 121 Å². The van der Waals surface area contributed by atoms with Crippen LogP contribution in [-0.2, 0) is 0 Å². The van der Waals surface area contributed by atoms with Crippen molar-refractivity contribution < 1.29 is 29.4 Å². The Morgan fingerprint density at radius 3 is 0.500 bits per heavy atom. The van der Waals surface area contributed by atoms with Crippen molar-refractivity contribution in [3.8, 4) is 0 Å². The van der Waals surface area contributed by atoms with Crippen LogP contribution in [0.4, 0.5) is 0 Å². The number of hydrogen-bond donors (Lipinski definition) is 6. The SMILES string of the molecule is OP(O)O.OP(O)O.[AsH3].[AsH3]. The van der Waals surface area contributed by atoms with Gasteiger partial charge in [-0.3, -0.25) is 0 Å². The van der Waals surface area contributed by atoms with E-state index >= 15 is 0 Å². The van der Waals surface area contributed by atoms with Crippen molar-refractivity contribution in [1.29, 1.82) is 0 Å². The molecule has 10 heavy (non-hydrogen) atoms. The molecule has 0 aromatic heterocycles. The first-order valence-electron chi connectivity index (χ1n) is 1.20. The van der Waals surface area contributed by atoms with E-state index in [9.17, 15) is 0 Å². The van der Waals surface area contributed by atoms with Crippen LogP contribution in [0.25, 0.3) is 0 Å². The van der Waals surface area contributed by atoms with Crippen LogP contribution in [0.1, 0.15) is 0 Å². The summed E-state index contributed by atoms with van der Waals surface area (Å²) < 4.78 is 0. The first kappa shape index (κ1) is 22.6. The standard InChI is InChI=1S/2AsH3.2H3O3P/c;;2*1-4(2)3/h2*1H3;2*1-3H. The van der Waals surface area contributed by atoms with Crippen LogP contribution < -0.4 is 0 Å². The molecule has 0 aliphatic heterocycles. The zero-order valence-corrected chi connectivity index (χ0v) is 12.7. The summed E-state index contributed by atoms with van der Waals surface area (Å²) >= 11 is 0. The fourth-order valence-corrected chi connectivity index (χ4v) is 0. The van der Waals surface area contributed by atoms with Gasteiger partial charge in [-0.15, -0.1) is 0 Å². The van der Waals surface area contributed by atoms with Gasteiger partial charge in [0.25, 0.3) is 0 Å². The summed E-state index contributed by atoms with van der Waals surface area (Å²) in [6, 6.07) is 0. The van der Waals surface area contributed by atoms with Gasteiger partial charge >= 0.3 is 53.1 Å². The van der Waals surface area contributed by atoms with E-state index in [0.717, 1.165) is 0 Å². The first-order valence-corrected chi connectivity index (χ1v) is 3.60. The summed E-state index contributed by atoms with van der Waals surface area (Å²) in [7, 11) is -5.24. The van der Waals surface area contributed by atoms with Gasteiger partial charge in [-0.2, -0.15) is 0 Å². The third-order valence-electron chi connectivity index (χ3n) is 0. The summed E-state index contributed by atoms with van der Waals surface area (Å²) in [5.74, 6) is 0. The molecule has 0 heterocycles. The van der Waals surface area contributed by atoms with E-state index in [4.69, 9.17) is 29.4 Å². The van der Waals surface area contributed by atoms with Crippen molar-refractivity contribution >= 4 is 53.1 Å². The Balaban J connectivity index is -0.0000000300. The minimum absolute atomic E-state index is 0. The van der Waals surface area contributed by atoms with E-state index in [1.54, 1.807) is 0 Å². The molecule has 0 bridgehead atoms. The third-order valence-corrected chi connectivity index (χ3v) is 0. The van der Waals surface area contributed by atoms with Crippen LogP contribution in [0, 0.1) is 0 Å². The molecule has 2 unspecified atom stereocenters. The molecule has 0 rings (SSSR count). The Hall–Kier alpha value is 1.74. The van der Waals surface area contributed by atoms with Crippen molar-refractivity contribution in [2.45, 2.75) is 0 Å². The molecule has 0 aromatic rings. The molecule has 68 valence electrons. The minimum atomic E-state index is -2.62. The molecule has 0 aromatic carbocycles. The molecular weight excluding hydrogens is 308 g/mol. The molecule has 0 aliphatic carbocycles. The van der Waals surface area contributed by atoms with Gasteiger partial charge in [-0.1, -0.05) is 0 Å². The van der Waals surface area contributed by atoms with E-state index in [0.29, 0.717) is 0 Å². The Labute approximate surface area is 82.5 Å². The van der Waals surface area contributed by atoms with E-state index in [-0.39, 0.29) is 35.9 Å². The molecule has 2 atom stereocenters. The summed E-state index contributed by atoms with van der Waals surface area (Å²) in [6.07, 6.45) is 0. The van der Waals surface area contributed by atoms with Crippen LogP contribution in [0.5, 0.6) is 0 Å². The molecule has 10 heteroatoms. The fourth-order valence-electron chi connectivity index (χ4n) is 0. The maximum absolute atomic E-state index is 7.23. The first-order chi connectivity index (χ1) is 3.46. The van der Waals surface area contributed by atoms with Crippen LogP contribution in [0.15, 0.2) is 0 Å². The molecule has 0 spiro atoms. The van der Waals surface area contributed by atoms with E-state index in [2.05, 4.69) is 0 Å². The van der Waals surface area contributed by atoms with Crippen LogP contribution in [0.2, 0.25) is 0 Å². The molecule has 0 saturated carbocycles. The molecule has 6 N–H and O–H groups in total. The molecule has 0 fully saturated rings. The van der Waals surface area contributed by atoms with E-state index in [1.165, 1.54) is 0 Å². The summed E-state index contributed by atoms with van der Waals surface area (Å²) in [5, 5.41) is 0. The number of hydrogen-bond acceptors (Lipinski definition) is 6. The molecule has 6 nitrogen and oxygen atoms in total. The van der Waals surface area contributed by atoms with Gasteiger partial charge in [-0.25, -0.2) is 0 Å². The van der Waals surface area contributed by atoms with Gasteiger partial charge in [0.05, 0.1) is 0 Å². The maximum atomic E-state index is 7.23. The fraction of sp³-hybridized carbons (Fsp3) is 0. The average molecular weight is 320 g/mol. The predicted octanol–water partition coefficient (Wildman–Crippen LogP) is -3.99. The van der Waals surface area contributed by atoms with Crippen molar-refractivity contribution in [3.05, 3.63) is 0 Å². The second-order valence-corrected chi connectivity index (χ2v) is 1.61. The second kappa shape index (κ2) is 17.0. The Morgan fingerprint density at radius 2 is 0.500 bits per heavy atom. The monoisotopic (exact) mass is 320 g/mol.